The Morgan fingerprint density at radius 3 is 1.38 bits per heavy atom. The van der Waals surface area contributed by atoms with Crippen LogP contribution in [0.2, 0.25) is 0 Å². The maximum atomic E-state index is 4.59. The van der Waals surface area contributed by atoms with Gasteiger partial charge in [-0.1, -0.05) is 127 Å². The van der Waals surface area contributed by atoms with Gasteiger partial charge in [0.1, 0.15) is 0 Å². The molecule has 0 heterocycles. The molecule has 34 heavy (non-hydrogen) atoms. The van der Waals surface area contributed by atoms with E-state index in [9.17, 15) is 0 Å². The monoisotopic (exact) mass is 479 g/mol. The molecule has 0 radical (unpaired) electrons. The SMILES string of the molecule is C(=CN=CCCCP(c1ccccc1)c1ccccc1)CP(c1ccccc1)c1ccccc1. The van der Waals surface area contributed by atoms with Crippen LogP contribution in [0.4, 0.5) is 0 Å². The zero-order valence-corrected chi connectivity index (χ0v) is 21.2. The van der Waals surface area contributed by atoms with Gasteiger partial charge in [-0.25, -0.2) is 0 Å². The Bertz CT molecular complexity index is 1060. The quantitative estimate of drug-likeness (QED) is 0.130. The number of hydrogen-bond acceptors (Lipinski definition) is 1. The highest BCUT2D eigenvalue weighted by atomic mass is 31.1. The zero-order chi connectivity index (χ0) is 23.3. The van der Waals surface area contributed by atoms with Gasteiger partial charge in [0.15, 0.2) is 0 Å². The molecule has 4 aromatic rings. The highest BCUT2D eigenvalue weighted by Crippen LogP contribution is 2.34. The largest absolute Gasteiger partial charge is 0.269 e. The summed E-state index contributed by atoms with van der Waals surface area (Å²) in [6, 6.07) is 43.6. The lowest BCUT2D eigenvalue weighted by molar-refractivity contribution is 1.02. The Kier molecular flexibility index (Phi) is 9.83. The Morgan fingerprint density at radius 1 is 0.529 bits per heavy atom. The summed E-state index contributed by atoms with van der Waals surface area (Å²) in [5.41, 5.74) is 0. The van der Waals surface area contributed by atoms with Crippen LogP contribution in [0.1, 0.15) is 12.8 Å². The lowest BCUT2D eigenvalue weighted by Crippen LogP contribution is -2.13. The Morgan fingerprint density at radius 2 is 0.941 bits per heavy atom. The van der Waals surface area contributed by atoms with Crippen molar-refractivity contribution in [2.75, 3.05) is 12.3 Å². The molecule has 0 aromatic heterocycles. The molecule has 0 saturated carbocycles. The van der Waals surface area contributed by atoms with Gasteiger partial charge in [0.25, 0.3) is 0 Å². The minimum absolute atomic E-state index is 0.316. The first-order valence-corrected chi connectivity index (χ1v) is 14.9. The third-order valence-corrected chi connectivity index (χ3v) is 10.6. The van der Waals surface area contributed by atoms with Crippen molar-refractivity contribution < 1.29 is 0 Å². The zero-order valence-electron chi connectivity index (χ0n) is 19.4. The van der Waals surface area contributed by atoms with Gasteiger partial charge in [0.2, 0.25) is 0 Å². The van der Waals surface area contributed by atoms with Crippen molar-refractivity contribution in [2.24, 2.45) is 4.99 Å². The third kappa shape index (κ3) is 7.33. The number of benzene rings is 4. The van der Waals surface area contributed by atoms with Crippen molar-refractivity contribution in [3.05, 3.63) is 134 Å². The molecule has 0 aliphatic carbocycles. The molecule has 1 nitrogen and oxygen atoms in total. The van der Waals surface area contributed by atoms with Crippen LogP contribution in [0.5, 0.6) is 0 Å². The standard InChI is InChI=1S/C31H31NP2/c1-5-16-28(17-6-1)33(29-18-7-2-8-19-29)26-14-13-24-32-25-15-27-34(30-20-9-3-10-21-30)31-22-11-4-12-23-31/h1-12,15-25H,13-14,26-27H2. The summed E-state index contributed by atoms with van der Waals surface area (Å²) in [7, 11) is -0.713. The van der Waals surface area contributed by atoms with E-state index in [2.05, 4.69) is 139 Å². The summed E-state index contributed by atoms with van der Waals surface area (Å²) >= 11 is 0. The van der Waals surface area contributed by atoms with E-state index in [0.29, 0.717) is 0 Å². The maximum absolute atomic E-state index is 4.59. The summed E-state index contributed by atoms with van der Waals surface area (Å²) in [5.74, 6) is 0. The van der Waals surface area contributed by atoms with Crippen LogP contribution in [-0.2, 0) is 0 Å². The number of allylic oxidation sites excluding steroid dienone is 1. The molecule has 0 fully saturated rings. The second-order valence-corrected chi connectivity index (χ2v) is 12.6. The second kappa shape index (κ2) is 13.8. The van der Waals surface area contributed by atoms with Crippen LogP contribution in [0.3, 0.4) is 0 Å². The Labute approximate surface area is 206 Å². The number of rotatable bonds is 11. The molecule has 0 spiro atoms. The maximum Gasteiger partial charge on any atom is 0.0227 e. The minimum atomic E-state index is -0.397. The highest BCUT2D eigenvalue weighted by Gasteiger charge is 2.13. The third-order valence-electron chi connectivity index (χ3n) is 5.57. The molecule has 4 aromatic carbocycles. The van der Waals surface area contributed by atoms with Crippen molar-refractivity contribution in [2.45, 2.75) is 12.8 Å². The number of aliphatic imine (C=N–C) groups is 1. The molecule has 4 rings (SSSR count). The van der Waals surface area contributed by atoms with Gasteiger partial charge < -0.3 is 0 Å². The fourth-order valence-corrected chi connectivity index (χ4v) is 8.35. The van der Waals surface area contributed by atoms with Gasteiger partial charge in [0, 0.05) is 12.4 Å². The summed E-state index contributed by atoms with van der Waals surface area (Å²) in [5, 5.41) is 5.73. The van der Waals surface area contributed by atoms with E-state index >= 15 is 0 Å². The fraction of sp³-hybridized carbons (Fsp3) is 0.129. The summed E-state index contributed by atoms with van der Waals surface area (Å²) in [6.07, 6.45) is 10.6. The molecule has 170 valence electrons. The highest BCUT2D eigenvalue weighted by molar-refractivity contribution is 7.73. The molecule has 0 N–H and O–H groups in total. The predicted octanol–water partition coefficient (Wildman–Crippen LogP) is 6.62. The molecule has 0 saturated heterocycles. The summed E-state index contributed by atoms with van der Waals surface area (Å²) in [4.78, 5) is 4.59. The average molecular weight is 480 g/mol. The molecular formula is C31H31NP2. The van der Waals surface area contributed by atoms with Gasteiger partial charge >= 0.3 is 0 Å². The topological polar surface area (TPSA) is 12.4 Å². The van der Waals surface area contributed by atoms with Crippen LogP contribution < -0.4 is 21.2 Å². The van der Waals surface area contributed by atoms with E-state index < -0.39 is 7.92 Å². The van der Waals surface area contributed by atoms with Crippen molar-refractivity contribution in [3.8, 4) is 0 Å². The number of hydrogen-bond donors (Lipinski definition) is 0. The second-order valence-electron chi connectivity index (χ2n) is 7.96. The minimum Gasteiger partial charge on any atom is -0.269 e. The molecule has 0 unspecified atom stereocenters. The Balaban J connectivity index is 1.30. The smallest absolute Gasteiger partial charge is 0.0227 e. The lowest BCUT2D eigenvalue weighted by Gasteiger charge is -2.18. The van der Waals surface area contributed by atoms with E-state index in [1.807, 2.05) is 6.20 Å². The van der Waals surface area contributed by atoms with Crippen molar-refractivity contribution in [1.82, 2.24) is 0 Å². The van der Waals surface area contributed by atoms with E-state index in [1.54, 1.807) is 0 Å². The molecule has 0 aliphatic heterocycles. The van der Waals surface area contributed by atoms with Gasteiger partial charge in [-0.05, 0) is 62.2 Å². The van der Waals surface area contributed by atoms with E-state index in [4.69, 9.17) is 0 Å². The van der Waals surface area contributed by atoms with E-state index in [0.717, 1.165) is 19.0 Å². The van der Waals surface area contributed by atoms with Crippen LogP contribution in [0, 0.1) is 0 Å². The predicted molar refractivity (Wildman–Crippen MR) is 155 cm³/mol. The van der Waals surface area contributed by atoms with E-state index in [1.165, 1.54) is 27.4 Å². The van der Waals surface area contributed by atoms with Crippen molar-refractivity contribution >= 4 is 43.3 Å². The van der Waals surface area contributed by atoms with Crippen molar-refractivity contribution in [3.63, 3.8) is 0 Å². The summed E-state index contributed by atoms with van der Waals surface area (Å²) in [6.45, 7) is 0. The van der Waals surface area contributed by atoms with Crippen molar-refractivity contribution in [1.29, 1.82) is 0 Å². The van der Waals surface area contributed by atoms with Gasteiger partial charge in [0.05, 0.1) is 0 Å². The first kappa shape index (κ1) is 24.3. The van der Waals surface area contributed by atoms with Gasteiger partial charge in [-0.2, -0.15) is 0 Å². The van der Waals surface area contributed by atoms with Gasteiger partial charge in [-0.3, -0.25) is 4.99 Å². The number of unbranched alkanes of at least 4 members (excludes halogenated alkanes) is 1. The van der Waals surface area contributed by atoms with Crippen LogP contribution in [0.15, 0.2) is 139 Å². The van der Waals surface area contributed by atoms with E-state index in [-0.39, 0.29) is 7.92 Å². The van der Waals surface area contributed by atoms with Crippen LogP contribution >= 0.6 is 15.8 Å². The number of nitrogens with zero attached hydrogens (tertiary/aromatic N) is 1. The first-order chi connectivity index (χ1) is 16.9. The molecule has 0 amide bonds. The lowest BCUT2D eigenvalue weighted by atomic mass is 10.3. The molecule has 0 bridgehead atoms. The average Bonchev–Trinajstić information content (AvgIpc) is 2.92. The Hall–Kier alpha value is -2.85. The first-order valence-electron chi connectivity index (χ1n) is 11.8. The van der Waals surface area contributed by atoms with Crippen LogP contribution in [-0.4, -0.2) is 18.5 Å². The van der Waals surface area contributed by atoms with Gasteiger partial charge in [-0.15, -0.1) is 0 Å². The molecule has 0 aliphatic rings. The van der Waals surface area contributed by atoms with Crippen LogP contribution in [0.25, 0.3) is 0 Å². The molecular weight excluding hydrogens is 448 g/mol. The fourth-order valence-electron chi connectivity index (χ4n) is 3.89. The normalized spacial score (nSPS) is 11.7. The molecule has 0 atom stereocenters. The summed E-state index contributed by atoms with van der Waals surface area (Å²) < 4.78 is 0. The molecule has 3 heteroatoms.